The molecule has 0 radical (unpaired) electrons. The van der Waals surface area contributed by atoms with Gasteiger partial charge in [-0.2, -0.15) is 0 Å². The molecule has 1 amide bonds. The molecule has 0 aliphatic carbocycles. The van der Waals surface area contributed by atoms with Gasteiger partial charge in [0, 0.05) is 30.0 Å². The number of fused-ring (bicyclic) bond motifs is 1. The van der Waals surface area contributed by atoms with E-state index < -0.39 is 17.0 Å². The third-order valence-electron chi connectivity index (χ3n) is 6.51. The number of carboxylic acids is 1. The van der Waals surface area contributed by atoms with Gasteiger partial charge in [-0.05, 0) is 43.0 Å². The van der Waals surface area contributed by atoms with Crippen LogP contribution in [0.15, 0.2) is 57.7 Å². The second-order valence-electron chi connectivity index (χ2n) is 8.15. The largest absolute Gasteiger partial charge is 0.549 e. The highest BCUT2D eigenvalue weighted by atomic mass is 16.5. The molecular weight excluding hydrogens is 410 g/mol. The van der Waals surface area contributed by atoms with Crippen LogP contribution in [0.1, 0.15) is 29.5 Å². The molecule has 166 valence electrons. The number of aryl methyl sites for hydroxylation is 1. The Hall–Kier alpha value is -3.61. The topological polar surface area (TPSA) is 99.9 Å². The summed E-state index contributed by atoms with van der Waals surface area (Å²) in [5.41, 5.74) is 0.429. The first kappa shape index (κ1) is 21.6. The standard InChI is InChI=1S/C25H25NO6/c1-16-19-9-8-18(31-2)14-21(19)32-23(28)20(16)15-22(27)26-12-10-25(11-13-26,24(29)30)17-6-4-3-5-7-17/h3-9,14H,10-13,15H2,1-2H3,(H,29,30)/p-1. The number of piperidine rings is 1. The van der Waals surface area contributed by atoms with Crippen molar-refractivity contribution in [3.8, 4) is 5.75 Å². The number of nitrogens with zero attached hydrogens (tertiary/aromatic N) is 1. The summed E-state index contributed by atoms with van der Waals surface area (Å²) in [6.45, 7) is 2.34. The minimum Gasteiger partial charge on any atom is -0.549 e. The summed E-state index contributed by atoms with van der Waals surface area (Å²) in [4.78, 5) is 39.2. The maximum absolute atomic E-state index is 13.0. The number of ether oxygens (including phenoxy) is 1. The molecule has 0 atom stereocenters. The van der Waals surface area contributed by atoms with E-state index in [4.69, 9.17) is 9.15 Å². The zero-order chi connectivity index (χ0) is 22.9. The SMILES string of the molecule is COc1ccc2c(C)c(CC(=O)N3CCC(C(=O)[O-])(c4ccccc4)CC3)c(=O)oc2c1. The molecule has 3 aromatic rings. The van der Waals surface area contributed by atoms with E-state index in [0.717, 1.165) is 5.39 Å². The molecule has 0 spiro atoms. The van der Waals surface area contributed by atoms with E-state index in [1.165, 1.54) is 7.11 Å². The molecule has 1 aliphatic heterocycles. The van der Waals surface area contributed by atoms with Gasteiger partial charge in [0.1, 0.15) is 11.3 Å². The summed E-state index contributed by atoms with van der Waals surface area (Å²) in [5, 5.41) is 12.8. The van der Waals surface area contributed by atoms with E-state index in [1.807, 2.05) is 6.07 Å². The van der Waals surface area contributed by atoms with E-state index in [-0.39, 0.29) is 38.3 Å². The predicted molar refractivity (Wildman–Crippen MR) is 116 cm³/mol. The number of carbonyl (C=O) groups is 2. The van der Waals surface area contributed by atoms with Crippen molar-refractivity contribution in [1.82, 2.24) is 4.90 Å². The van der Waals surface area contributed by atoms with Gasteiger partial charge in [0.15, 0.2) is 0 Å². The maximum Gasteiger partial charge on any atom is 0.340 e. The first-order chi connectivity index (χ1) is 15.4. The fourth-order valence-corrected chi connectivity index (χ4v) is 4.47. The minimum atomic E-state index is -1.13. The van der Waals surface area contributed by atoms with Crippen LogP contribution in [0.5, 0.6) is 5.75 Å². The van der Waals surface area contributed by atoms with Gasteiger partial charge in [-0.3, -0.25) is 4.79 Å². The fourth-order valence-electron chi connectivity index (χ4n) is 4.47. The first-order valence-corrected chi connectivity index (χ1v) is 10.5. The molecule has 1 saturated heterocycles. The van der Waals surface area contributed by atoms with Crippen molar-refractivity contribution in [2.24, 2.45) is 0 Å². The van der Waals surface area contributed by atoms with Gasteiger partial charge in [0.2, 0.25) is 5.91 Å². The Kier molecular flexibility index (Phi) is 5.74. The molecule has 7 heteroatoms. The van der Waals surface area contributed by atoms with E-state index >= 15 is 0 Å². The maximum atomic E-state index is 13.0. The number of hydrogen-bond acceptors (Lipinski definition) is 6. The summed E-state index contributed by atoms with van der Waals surface area (Å²) >= 11 is 0. The lowest BCUT2D eigenvalue weighted by Gasteiger charge is -2.43. The molecule has 4 rings (SSSR count). The van der Waals surface area contributed by atoms with Crippen molar-refractivity contribution < 1.29 is 23.8 Å². The second kappa shape index (κ2) is 8.49. The predicted octanol–water partition coefficient (Wildman–Crippen LogP) is 1.96. The van der Waals surface area contributed by atoms with Gasteiger partial charge >= 0.3 is 5.63 Å². The van der Waals surface area contributed by atoms with Crippen LogP contribution in [-0.4, -0.2) is 37.0 Å². The lowest BCUT2D eigenvalue weighted by atomic mass is 9.73. The monoisotopic (exact) mass is 434 g/mol. The summed E-state index contributed by atoms with van der Waals surface area (Å²) in [7, 11) is 1.53. The van der Waals surface area contributed by atoms with Gasteiger partial charge in [-0.15, -0.1) is 0 Å². The first-order valence-electron chi connectivity index (χ1n) is 10.5. The highest BCUT2D eigenvalue weighted by molar-refractivity contribution is 5.86. The molecule has 32 heavy (non-hydrogen) atoms. The number of amides is 1. The third kappa shape index (κ3) is 3.75. The van der Waals surface area contributed by atoms with Crippen LogP contribution in [0, 0.1) is 6.92 Å². The normalized spacial score (nSPS) is 15.5. The Morgan fingerprint density at radius 2 is 1.81 bits per heavy atom. The molecule has 7 nitrogen and oxygen atoms in total. The average molecular weight is 434 g/mol. The molecule has 2 aromatic carbocycles. The Labute approximate surface area is 185 Å². The summed E-state index contributed by atoms with van der Waals surface area (Å²) in [6, 6.07) is 14.2. The van der Waals surface area contributed by atoms with Gasteiger partial charge in [0.05, 0.1) is 25.1 Å². The average Bonchev–Trinajstić information content (AvgIpc) is 2.81. The summed E-state index contributed by atoms with van der Waals surface area (Å²) in [5.74, 6) is -0.780. The number of carbonyl (C=O) groups excluding carboxylic acids is 2. The van der Waals surface area contributed by atoms with Crippen molar-refractivity contribution in [2.45, 2.75) is 31.6 Å². The highest BCUT2D eigenvalue weighted by Gasteiger charge is 2.38. The number of carboxylic acid groups (broad SMARTS) is 1. The second-order valence-corrected chi connectivity index (χ2v) is 8.15. The highest BCUT2D eigenvalue weighted by Crippen LogP contribution is 2.35. The van der Waals surface area contributed by atoms with E-state index in [9.17, 15) is 19.5 Å². The van der Waals surface area contributed by atoms with Crippen LogP contribution in [0.2, 0.25) is 0 Å². The van der Waals surface area contributed by atoms with E-state index in [0.29, 0.717) is 28.0 Å². The van der Waals surface area contributed by atoms with Gasteiger partial charge in [-0.25, -0.2) is 4.79 Å². The van der Waals surface area contributed by atoms with Crippen LogP contribution in [0.4, 0.5) is 0 Å². The fraction of sp³-hybridized carbons (Fsp3) is 0.320. The molecule has 2 heterocycles. The van der Waals surface area contributed by atoms with E-state index in [2.05, 4.69) is 0 Å². The van der Waals surface area contributed by atoms with Crippen molar-refractivity contribution in [2.75, 3.05) is 20.2 Å². The third-order valence-corrected chi connectivity index (χ3v) is 6.51. The molecule has 1 fully saturated rings. The van der Waals surface area contributed by atoms with Gasteiger partial charge in [-0.1, -0.05) is 30.3 Å². The molecule has 0 N–H and O–H groups in total. The number of rotatable bonds is 5. The molecule has 0 bridgehead atoms. The number of likely N-dealkylation sites (tertiary alicyclic amines) is 1. The van der Waals surface area contributed by atoms with E-state index in [1.54, 1.807) is 54.3 Å². The molecular formula is C25H24NO6-. The lowest BCUT2D eigenvalue weighted by Crippen LogP contribution is -2.54. The number of hydrogen-bond donors (Lipinski definition) is 0. The van der Waals surface area contributed by atoms with Crippen molar-refractivity contribution >= 4 is 22.8 Å². The van der Waals surface area contributed by atoms with Gasteiger partial charge < -0.3 is 24.0 Å². The number of benzene rings is 2. The van der Waals surface area contributed by atoms with Crippen LogP contribution >= 0.6 is 0 Å². The van der Waals surface area contributed by atoms with Crippen molar-refractivity contribution in [3.63, 3.8) is 0 Å². The molecule has 1 aliphatic rings. The lowest BCUT2D eigenvalue weighted by molar-refractivity contribution is -0.315. The Bertz CT molecular complexity index is 1220. The van der Waals surface area contributed by atoms with Crippen LogP contribution < -0.4 is 15.5 Å². The zero-order valence-corrected chi connectivity index (χ0v) is 18.1. The zero-order valence-electron chi connectivity index (χ0n) is 18.1. The summed E-state index contributed by atoms with van der Waals surface area (Å²) < 4.78 is 10.6. The Morgan fingerprint density at radius 1 is 1.12 bits per heavy atom. The molecule has 1 aromatic heterocycles. The number of methoxy groups -OCH3 is 1. The van der Waals surface area contributed by atoms with Crippen molar-refractivity contribution in [1.29, 1.82) is 0 Å². The smallest absolute Gasteiger partial charge is 0.340 e. The van der Waals surface area contributed by atoms with Crippen molar-refractivity contribution in [3.05, 3.63) is 75.6 Å². The minimum absolute atomic E-state index is 0.0974. The molecule has 0 unspecified atom stereocenters. The Balaban J connectivity index is 1.54. The Morgan fingerprint density at radius 3 is 2.44 bits per heavy atom. The molecule has 0 saturated carbocycles. The number of aliphatic carboxylic acids is 1. The quantitative estimate of drug-likeness (QED) is 0.569. The van der Waals surface area contributed by atoms with Crippen LogP contribution in [0.3, 0.4) is 0 Å². The van der Waals surface area contributed by atoms with Crippen LogP contribution in [0.25, 0.3) is 11.0 Å². The van der Waals surface area contributed by atoms with Crippen LogP contribution in [-0.2, 0) is 21.4 Å². The summed E-state index contributed by atoms with van der Waals surface area (Å²) in [6.07, 6.45) is 0.423. The van der Waals surface area contributed by atoms with Gasteiger partial charge in [0.25, 0.3) is 0 Å².